The third kappa shape index (κ3) is 5.79. The number of anilines is 1. The molecule has 0 saturated heterocycles. The summed E-state index contributed by atoms with van der Waals surface area (Å²) in [4.78, 5) is 23.9. The van der Waals surface area contributed by atoms with Crippen LogP contribution in [0, 0.1) is 0 Å². The zero-order valence-electron chi connectivity index (χ0n) is 18.7. The second-order valence-corrected chi connectivity index (χ2v) is 10.7. The number of hydrogen-bond acceptors (Lipinski definition) is 4. The minimum absolute atomic E-state index is 0.105. The molecule has 4 rings (SSSR count). The predicted octanol–water partition coefficient (Wildman–Crippen LogP) is 5.36. The minimum atomic E-state index is -4.30. The number of nitrogens with zero attached hydrogens (tertiary/aromatic N) is 1. The molecule has 0 radical (unpaired) electrons. The monoisotopic (exact) mass is 542 g/mol. The number of carbonyl (C=O) groups is 2. The van der Waals surface area contributed by atoms with Crippen molar-refractivity contribution in [3.63, 3.8) is 0 Å². The molecule has 1 amide bonds. The van der Waals surface area contributed by atoms with E-state index in [0.717, 1.165) is 9.87 Å². The fourth-order valence-electron chi connectivity index (χ4n) is 3.65. The Hall–Kier alpha value is -3.59. The van der Waals surface area contributed by atoms with Gasteiger partial charge < -0.3 is 10.4 Å². The molecule has 10 heteroatoms. The molecule has 0 atom stereocenters. The van der Waals surface area contributed by atoms with Gasteiger partial charge in [0.05, 0.1) is 10.6 Å². The smallest absolute Gasteiger partial charge is 0.324 e. The van der Waals surface area contributed by atoms with Crippen LogP contribution in [0.15, 0.2) is 89.8 Å². The summed E-state index contributed by atoms with van der Waals surface area (Å²) < 4.78 is 27.4. The Morgan fingerprint density at radius 1 is 0.833 bits per heavy atom. The second-order valence-electron chi connectivity index (χ2n) is 7.93. The largest absolute Gasteiger partial charge is 0.480 e. The summed E-state index contributed by atoms with van der Waals surface area (Å²) in [5, 5.41) is 13.8. The van der Waals surface area contributed by atoms with Crippen molar-refractivity contribution in [2.75, 3.05) is 10.8 Å². The minimum Gasteiger partial charge on any atom is -0.480 e. The maximum atomic E-state index is 13.3. The molecule has 0 bridgehead atoms. The molecule has 4 aromatic rings. The number of rotatable bonds is 8. The van der Waals surface area contributed by atoms with E-state index in [1.807, 2.05) is 30.3 Å². The van der Waals surface area contributed by atoms with Gasteiger partial charge in [-0.25, -0.2) is 8.42 Å². The van der Waals surface area contributed by atoms with Crippen LogP contribution in [0.3, 0.4) is 0 Å². The van der Waals surface area contributed by atoms with Crippen LogP contribution in [0.25, 0.3) is 10.8 Å². The number of sulfonamides is 1. The van der Waals surface area contributed by atoms with Crippen LogP contribution in [-0.2, 0) is 21.4 Å². The van der Waals surface area contributed by atoms with Crippen LogP contribution in [0.4, 0.5) is 5.69 Å². The summed E-state index contributed by atoms with van der Waals surface area (Å²) in [5.41, 5.74) is 1.55. The van der Waals surface area contributed by atoms with Gasteiger partial charge in [0.1, 0.15) is 6.54 Å². The summed E-state index contributed by atoms with van der Waals surface area (Å²) in [6, 6.07) is 23.0. The molecular formula is C26H20Cl2N2O5S. The first-order chi connectivity index (χ1) is 17.1. The van der Waals surface area contributed by atoms with E-state index in [-0.39, 0.29) is 26.5 Å². The quantitative estimate of drug-likeness (QED) is 0.312. The Kier molecular flexibility index (Phi) is 7.49. The highest BCUT2D eigenvalue weighted by atomic mass is 35.5. The second kappa shape index (κ2) is 10.6. The van der Waals surface area contributed by atoms with Crippen molar-refractivity contribution in [3.8, 4) is 0 Å². The highest BCUT2D eigenvalue weighted by molar-refractivity contribution is 7.92. The molecular weight excluding hydrogens is 523 g/mol. The van der Waals surface area contributed by atoms with Gasteiger partial charge in [0.15, 0.2) is 0 Å². The molecule has 0 aromatic heterocycles. The lowest BCUT2D eigenvalue weighted by molar-refractivity contribution is -0.135. The van der Waals surface area contributed by atoms with Gasteiger partial charge in [0.2, 0.25) is 0 Å². The summed E-state index contributed by atoms with van der Waals surface area (Å²) in [6.07, 6.45) is 0. The van der Waals surface area contributed by atoms with Crippen LogP contribution in [0.1, 0.15) is 15.9 Å². The number of carboxylic acid groups (broad SMARTS) is 1. The summed E-state index contributed by atoms with van der Waals surface area (Å²) in [6.45, 7) is -0.426. The third-order valence-electron chi connectivity index (χ3n) is 5.37. The average Bonchev–Trinajstić information content (AvgIpc) is 2.85. The molecule has 0 heterocycles. The van der Waals surface area contributed by atoms with Crippen LogP contribution in [-0.4, -0.2) is 31.9 Å². The number of carboxylic acids is 1. The number of halogens is 2. The maximum absolute atomic E-state index is 13.3. The standard InChI is InChI=1S/C26H20Cl2N2O5S/c27-21-12-22(28)14-24(13-21)36(34,35)30(16-25(31)32)23-9-8-18-10-20(7-6-19(18)11-23)26(33)29-15-17-4-2-1-3-5-17/h1-14H,15-16H2,(H,29,33)(H,31,32). The molecule has 0 aliphatic rings. The van der Waals surface area contributed by atoms with E-state index in [1.165, 1.54) is 24.3 Å². The Morgan fingerprint density at radius 2 is 1.47 bits per heavy atom. The number of amides is 1. The Labute approximate surface area is 217 Å². The fraction of sp³-hybridized carbons (Fsp3) is 0.0769. The highest BCUT2D eigenvalue weighted by Crippen LogP contribution is 2.30. The van der Waals surface area contributed by atoms with Crippen molar-refractivity contribution in [2.45, 2.75) is 11.4 Å². The topological polar surface area (TPSA) is 104 Å². The Morgan fingerprint density at radius 3 is 2.14 bits per heavy atom. The molecule has 0 aliphatic heterocycles. The first kappa shape index (κ1) is 25.5. The molecule has 7 nitrogen and oxygen atoms in total. The molecule has 2 N–H and O–H groups in total. The van der Waals surface area contributed by atoms with E-state index >= 15 is 0 Å². The van der Waals surface area contributed by atoms with Gasteiger partial charge in [-0.2, -0.15) is 0 Å². The van der Waals surface area contributed by atoms with Crippen molar-refractivity contribution in [3.05, 3.63) is 106 Å². The van der Waals surface area contributed by atoms with Gasteiger partial charge in [0, 0.05) is 22.2 Å². The van der Waals surface area contributed by atoms with Gasteiger partial charge in [-0.15, -0.1) is 0 Å². The van der Waals surface area contributed by atoms with E-state index in [1.54, 1.807) is 30.3 Å². The molecule has 0 saturated carbocycles. The van der Waals surface area contributed by atoms with E-state index in [4.69, 9.17) is 23.2 Å². The number of hydrogen-bond donors (Lipinski definition) is 2. The fourth-order valence-corrected chi connectivity index (χ4v) is 5.79. The molecule has 36 heavy (non-hydrogen) atoms. The first-order valence-electron chi connectivity index (χ1n) is 10.7. The lowest BCUT2D eigenvalue weighted by atomic mass is 10.1. The van der Waals surface area contributed by atoms with Crippen LogP contribution < -0.4 is 9.62 Å². The number of nitrogens with one attached hydrogen (secondary N) is 1. The summed E-state index contributed by atoms with van der Waals surface area (Å²) >= 11 is 11.9. The molecule has 0 spiro atoms. The summed E-state index contributed by atoms with van der Waals surface area (Å²) in [7, 11) is -4.30. The normalized spacial score (nSPS) is 11.3. The van der Waals surface area contributed by atoms with E-state index in [2.05, 4.69) is 5.32 Å². The van der Waals surface area contributed by atoms with Gasteiger partial charge in [-0.05, 0) is 58.8 Å². The number of benzene rings is 4. The summed E-state index contributed by atoms with van der Waals surface area (Å²) in [5.74, 6) is -1.59. The lowest BCUT2D eigenvalue weighted by Gasteiger charge is -2.23. The van der Waals surface area contributed by atoms with E-state index < -0.39 is 22.5 Å². The molecule has 184 valence electrons. The number of carbonyl (C=O) groups excluding carboxylic acids is 1. The predicted molar refractivity (Wildman–Crippen MR) is 140 cm³/mol. The number of aliphatic carboxylic acids is 1. The third-order valence-corrected chi connectivity index (χ3v) is 7.56. The Balaban J connectivity index is 1.64. The van der Waals surface area contributed by atoms with Gasteiger partial charge >= 0.3 is 5.97 Å². The Bertz CT molecular complexity index is 1540. The van der Waals surface area contributed by atoms with Crippen molar-refractivity contribution < 1.29 is 23.1 Å². The zero-order valence-corrected chi connectivity index (χ0v) is 21.0. The van der Waals surface area contributed by atoms with Crippen molar-refractivity contribution in [2.24, 2.45) is 0 Å². The maximum Gasteiger partial charge on any atom is 0.324 e. The van der Waals surface area contributed by atoms with Crippen LogP contribution in [0.2, 0.25) is 10.0 Å². The number of fused-ring (bicyclic) bond motifs is 1. The zero-order chi connectivity index (χ0) is 25.9. The average molecular weight is 543 g/mol. The molecule has 4 aromatic carbocycles. The highest BCUT2D eigenvalue weighted by Gasteiger charge is 2.28. The van der Waals surface area contributed by atoms with Crippen LogP contribution in [0.5, 0.6) is 0 Å². The van der Waals surface area contributed by atoms with Gasteiger partial charge in [0.25, 0.3) is 15.9 Å². The molecule has 0 unspecified atom stereocenters. The van der Waals surface area contributed by atoms with Crippen LogP contribution >= 0.6 is 23.2 Å². The van der Waals surface area contributed by atoms with Crippen molar-refractivity contribution >= 4 is 61.6 Å². The first-order valence-corrected chi connectivity index (χ1v) is 12.9. The molecule has 0 fully saturated rings. The van der Waals surface area contributed by atoms with E-state index in [9.17, 15) is 23.1 Å². The van der Waals surface area contributed by atoms with Crippen molar-refractivity contribution in [1.29, 1.82) is 0 Å². The molecule has 0 aliphatic carbocycles. The SMILES string of the molecule is O=C(O)CN(c1ccc2cc(C(=O)NCc3ccccc3)ccc2c1)S(=O)(=O)c1cc(Cl)cc(Cl)c1. The lowest BCUT2D eigenvalue weighted by Crippen LogP contribution is -2.35. The van der Waals surface area contributed by atoms with Crippen molar-refractivity contribution in [1.82, 2.24) is 5.32 Å². The van der Waals surface area contributed by atoms with E-state index in [0.29, 0.717) is 22.9 Å². The van der Waals surface area contributed by atoms with Gasteiger partial charge in [-0.1, -0.05) is 65.7 Å². The van der Waals surface area contributed by atoms with Gasteiger partial charge in [-0.3, -0.25) is 13.9 Å².